The minimum atomic E-state index is -0.568. The molecular weight excluding hydrogens is 168 g/mol. The molecule has 0 N–H and O–H groups in total. The molecule has 0 fully saturated rings. The summed E-state index contributed by atoms with van der Waals surface area (Å²) < 4.78 is 9.70. The van der Waals surface area contributed by atoms with Gasteiger partial charge in [-0.2, -0.15) is 0 Å². The van der Waals surface area contributed by atoms with E-state index in [9.17, 15) is 4.79 Å². The lowest BCUT2D eigenvalue weighted by molar-refractivity contribution is 0.0371. The third-order valence-corrected chi connectivity index (χ3v) is 1.72. The molecule has 0 aliphatic carbocycles. The van der Waals surface area contributed by atoms with Gasteiger partial charge < -0.3 is 9.47 Å². The van der Waals surface area contributed by atoms with Crippen LogP contribution in [0.2, 0.25) is 0 Å². The number of hydrogen-bond acceptors (Lipinski definition) is 3. The third kappa shape index (κ3) is 7.62. The summed E-state index contributed by atoms with van der Waals surface area (Å²) in [5, 5.41) is 0. The fraction of sp³-hybridized carbons (Fsp3) is 0.800. The van der Waals surface area contributed by atoms with Crippen molar-refractivity contribution >= 4 is 6.16 Å². The van der Waals surface area contributed by atoms with Gasteiger partial charge in [0.15, 0.2) is 0 Å². The maximum Gasteiger partial charge on any atom is 0.508 e. The van der Waals surface area contributed by atoms with Crippen LogP contribution < -0.4 is 0 Å². The zero-order valence-corrected chi connectivity index (χ0v) is 8.71. The van der Waals surface area contributed by atoms with Gasteiger partial charge in [0.2, 0.25) is 0 Å². The Morgan fingerprint density at radius 1 is 1.46 bits per heavy atom. The van der Waals surface area contributed by atoms with Gasteiger partial charge in [-0.3, -0.25) is 0 Å². The lowest BCUT2D eigenvalue weighted by atomic mass is 10.3. The summed E-state index contributed by atoms with van der Waals surface area (Å²) in [4.78, 5) is 10.9. The Balaban J connectivity index is 3.30. The van der Waals surface area contributed by atoms with E-state index in [4.69, 9.17) is 9.47 Å². The summed E-state index contributed by atoms with van der Waals surface area (Å²) in [6.45, 7) is 6.21. The second kappa shape index (κ2) is 7.90. The van der Waals surface area contributed by atoms with Crippen molar-refractivity contribution in [1.82, 2.24) is 0 Å². The molecule has 77 valence electrons. The van der Waals surface area contributed by atoms with Gasteiger partial charge in [-0.1, -0.05) is 26.7 Å². The standard InChI is InChI=1S/C10H19O3/c1-4-6-7-8-12-10(11)13-9(3)5-2/h5,9H,4,6-8H2,1-3H3/t9-/m0/s1. The van der Waals surface area contributed by atoms with E-state index in [1.807, 2.05) is 6.92 Å². The summed E-state index contributed by atoms with van der Waals surface area (Å²) in [7, 11) is 0. The molecule has 0 saturated carbocycles. The quantitative estimate of drug-likeness (QED) is 0.473. The van der Waals surface area contributed by atoms with Gasteiger partial charge in [-0.15, -0.1) is 0 Å². The van der Waals surface area contributed by atoms with Crippen LogP contribution in [0.3, 0.4) is 0 Å². The Morgan fingerprint density at radius 2 is 2.15 bits per heavy atom. The molecule has 0 rings (SSSR count). The molecule has 3 heteroatoms. The van der Waals surface area contributed by atoms with E-state index in [2.05, 4.69) is 6.92 Å². The number of hydrogen-bond donors (Lipinski definition) is 0. The van der Waals surface area contributed by atoms with Crippen LogP contribution in [0.4, 0.5) is 4.79 Å². The molecule has 13 heavy (non-hydrogen) atoms. The van der Waals surface area contributed by atoms with E-state index in [0.29, 0.717) is 6.61 Å². The Morgan fingerprint density at radius 3 is 2.69 bits per heavy atom. The zero-order chi connectivity index (χ0) is 10.1. The SMILES string of the molecule is C[CH][C@H](C)OC(=O)OCCCCC. The topological polar surface area (TPSA) is 35.5 Å². The minimum Gasteiger partial charge on any atom is -0.434 e. The molecule has 0 aliphatic heterocycles. The van der Waals surface area contributed by atoms with Crippen LogP contribution in [0.5, 0.6) is 0 Å². The third-order valence-electron chi connectivity index (χ3n) is 1.72. The molecule has 0 unspecified atom stereocenters. The van der Waals surface area contributed by atoms with Gasteiger partial charge >= 0.3 is 6.16 Å². The highest BCUT2D eigenvalue weighted by Gasteiger charge is 2.07. The number of rotatable bonds is 6. The van der Waals surface area contributed by atoms with E-state index in [0.717, 1.165) is 19.3 Å². The van der Waals surface area contributed by atoms with E-state index < -0.39 is 6.16 Å². The van der Waals surface area contributed by atoms with Crippen molar-refractivity contribution in [3.05, 3.63) is 6.42 Å². The lowest BCUT2D eigenvalue weighted by Gasteiger charge is -2.10. The van der Waals surface area contributed by atoms with Crippen molar-refractivity contribution in [1.29, 1.82) is 0 Å². The first-order chi connectivity index (χ1) is 6.20. The molecule has 0 amide bonds. The van der Waals surface area contributed by atoms with Crippen LogP contribution in [0.1, 0.15) is 40.0 Å². The second-order valence-corrected chi connectivity index (χ2v) is 2.96. The fourth-order valence-corrected chi connectivity index (χ4v) is 0.761. The number of carbonyl (C=O) groups excluding carboxylic acids is 1. The smallest absolute Gasteiger partial charge is 0.434 e. The van der Waals surface area contributed by atoms with E-state index in [1.165, 1.54) is 0 Å². The second-order valence-electron chi connectivity index (χ2n) is 2.96. The monoisotopic (exact) mass is 187 g/mol. The molecule has 0 aromatic carbocycles. The molecule has 0 aromatic heterocycles. The molecule has 0 heterocycles. The summed E-state index contributed by atoms with van der Waals surface area (Å²) in [6, 6.07) is 0. The summed E-state index contributed by atoms with van der Waals surface area (Å²) in [5.41, 5.74) is 0. The maximum atomic E-state index is 10.9. The first-order valence-electron chi connectivity index (χ1n) is 4.83. The minimum absolute atomic E-state index is 0.168. The zero-order valence-electron chi connectivity index (χ0n) is 8.71. The van der Waals surface area contributed by atoms with Gasteiger partial charge in [-0.05, 0) is 19.8 Å². The van der Waals surface area contributed by atoms with Crippen molar-refractivity contribution in [3.8, 4) is 0 Å². The summed E-state index contributed by atoms with van der Waals surface area (Å²) >= 11 is 0. The summed E-state index contributed by atoms with van der Waals surface area (Å²) in [6.07, 6.45) is 4.18. The fourth-order valence-electron chi connectivity index (χ4n) is 0.761. The Hall–Kier alpha value is -0.730. The average molecular weight is 187 g/mol. The molecule has 0 bridgehead atoms. The Labute approximate surface area is 80.4 Å². The normalized spacial score (nSPS) is 12.2. The first-order valence-corrected chi connectivity index (χ1v) is 4.83. The summed E-state index contributed by atoms with van der Waals surface area (Å²) in [5.74, 6) is 0. The van der Waals surface area contributed by atoms with Gasteiger partial charge in [0.05, 0.1) is 6.61 Å². The highest BCUT2D eigenvalue weighted by molar-refractivity contribution is 5.60. The molecular formula is C10H19O3. The Bertz CT molecular complexity index is 134. The molecule has 1 radical (unpaired) electrons. The predicted octanol–water partition coefficient (Wildman–Crippen LogP) is 2.94. The van der Waals surface area contributed by atoms with Crippen LogP contribution in [-0.4, -0.2) is 18.9 Å². The van der Waals surface area contributed by atoms with Gasteiger partial charge in [-0.25, -0.2) is 4.79 Å². The highest BCUT2D eigenvalue weighted by atomic mass is 16.7. The first kappa shape index (κ1) is 12.3. The highest BCUT2D eigenvalue weighted by Crippen LogP contribution is 1.99. The molecule has 0 saturated heterocycles. The van der Waals surface area contributed by atoms with Gasteiger partial charge in [0.1, 0.15) is 6.10 Å². The molecule has 0 aromatic rings. The largest absolute Gasteiger partial charge is 0.508 e. The van der Waals surface area contributed by atoms with Crippen LogP contribution in [0, 0.1) is 6.42 Å². The number of carbonyl (C=O) groups is 1. The average Bonchev–Trinajstić information content (AvgIpc) is 2.12. The van der Waals surface area contributed by atoms with E-state index in [-0.39, 0.29) is 6.10 Å². The van der Waals surface area contributed by atoms with Crippen molar-refractivity contribution in [3.63, 3.8) is 0 Å². The van der Waals surface area contributed by atoms with Crippen molar-refractivity contribution in [2.75, 3.05) is 6.61 Å². The predicted molar refractivity (Wildman–Crippen MR) is 51.4 cm³/mol. The van der Waals surface area contributed by atoms with Crippen LogP contribution in [0.25, 0.3) is 0 Å². The van der Waals surface area contributed by atoms with Crippen LogP contribution in [-0.2, 0) is 9.47 Å². The van der Waals surface area contributed by atoms with Gasteiger partial charge in [0.25, 0.3) is 0 Å². The van der Waals surface area contributed by atoms with Gasteiger partial charge in [0, 0.05) is 0 Å². The van der Waals surface area contributed by atoms with E-state index >= 15 is 0 Å². The van der Waals surface area contributed by atoms with Crippen LogP contribution >= 0.6 is 0 Å². The van der Waals surface area contributed by atoms with E-state index in [1.54, 1.807) is 13.3 Å². The number of unbranched alkanes of at least 4 members (excludes halogenated alkanes) is 2. The molecule has 1 atom stereocenters. The van der Waals surface area contributed by atoms with Crippen molar-refractivity contribution < 1.29 is 14.3 Å². The van der Waals surface area contributed by atoms with Crippen molar-refractivity contribution in [2.24, 2.45) is 0 Å². The molecule has 0 aliphatic rings. The number of ether oxygens (including phenoxy) is 2. The van der Waals surface area contributed by atoms with Crippen molar-refractivity contribution in [2.45, 2.75) is 46.1 Å². The van der Waals surface area contributed by atoms with Crippen LogP contribution in [0.15, 0.2) is 0 Å². The molecule has 3 nitrogen and oxygen atoms in total. The Kier molecular flexibility index (Phi) is 7.45. The lowest BCUT2D eigenvalue weighted by Crippen LogP contribution is -2.16. The maximum absolute atomic E-state index is 10.9. The molecule has 0 spiro atoms.